The molecule has 0 radical (unpaired) electrons. The highest BCUT2D eigenvalue weighted by Gasteiger charge is 2.41. The number of carbonyl (C=O) groups is 1. The summed E-state index contributed by atoms with van der Waals surface area (Å²) in [6, 6.07) is 3.18. The van der Waals surface area contributed by atoms with Gasteiger partial charge in [0.2, 0.25) is 0 Å². The maximum atomic E-state index is 11.6. The molecule has 0 saturated heterocycles. The van der Waals surface area contributed by atoms with Crippen molar-refractivity contribution in [3.05, 3.63) is 47.2 Å². The van der Waals surface area contributed by atoms with Crippen molar-refractivity contribution in [3.63, 3.8) is 0 Å². The van der Waals surface area contributed by atoms with Crippen LogP contribution in [-0.4, -0.2) is 23.1 Å². The molecule has 2 aliphatic rings. The van der Waals surface area contributed by atoms with E-state index in [0.29, 0.717) is 5.76 Å². The van der Waals surface area contributed by atoms with Gasteiger partial charge in [-0.2, -0.15) is 0 Å². The number of hydrogen-bond donors (Lipinski definition) is 2. The molecule has 0 amide bonds. The average Bonchev–Trinajstić information content (AvgIpc) is 2.44. The molecular weight excluding hydrogens is 256 g/mol. The van der Waals surface area contributed by atoms with Crippen LogP contribution < -0.4 is 0 Å². The molecule has 1 spiro atoms. The van der Waals surface area contributed by atoms with Gasteiger partial charge >= 0.3 is 0 Å². The number of benzene rings is 1. The highest BCUT2D eigenvalue weighted by molar-refractivity contribution is 6.01. The van der Waals surface area contributed by atoms with Crippen molar-refractivity contribution in [1.29, 1.82) is 0 Å². The molecule has 3 rings (SSSR count). The van der Waals surface area contributed by atoms with Crippen LogP contribution in [0.3, 0.4) is 0 Å². The van der Waals surface area contributed by atoms with E-state index in [2.05, 4.69) is 0 Å². The van der Waals surface area contributed by atoms with Crippen LogP contribution in [0, 0.1) is 0 Å². The molecule has 0 bridgehead atoms. The van der Waals surface area contributed by atoms with Gasteiger partial charge in [-0.1, -0.05) is 6.08 Å². The number of aryl methyl sites for hydroxylation is 1. The summed E-state index contributed by atoms with van der Waals surface area (Å²) in [6.07, 6.45) is 7.47. The van der Waals surface area contributed by atoms with Crippen molar-refractivity contribution in [3.8, 4) is 11.5 Å². The first-order chi connectivity index (χ1) is 9.56. The van der Waals surface area contributed by atoms with Crippen LogP contribution in [0.1, 0.15) is 24.0 Å². The molecule has 0 fully saturated rings. The lowest BCUT2D eigenvalue weighted by Gasteiger charge is -2.39. The highest BCUT2D eigenvalue weighted by atomic mass is 16.5. The van der Waals surface area contributed by atoms with E-state index in [-0.39, 0.29) is 17.3 Å². The molecule has 1 atom stereocenters. The Hall–Kier alpha value is -2.23. The Bertz CT molecular complexity index is 642. The fourth-order valence-corrected chi connectivity index (χ4v) is 3.22. The van der Waals surface area contributed by atoms with E-state index in [9.17, 15) is 15.0 Å². The molecule has 104 valence electrons. The molecule has 4 nitrogen and oxygen atoms in total. The Morgan fingerprint density at radius 1 is 1.25 bits per heavy atom. The molecule has 2 N–H and O–H groups in total. The summed E-state index contributed by atoms with van der Waals surface area (Å²) in [5.41, 5.74) is 1.37. The predicted molar refractivity (Wildman–Crippen MR) is 73.6 cm³/mol. The van der Waals surface area contributed by atoms with Crippen molar-refractivity contribution in [2.24, 2.45) is 0 Å². The maximum Gasteiger partial charge on any atom is 0.181 e. The molecule has 4 heteroatoms. The fraction of sp³-hybridized carbons (Fsp3) is 0.312. The van der Waals surface area contributed by atoms with E-state index >= 15 is 0 Å². The fourth-order valence-electron chi connectivity index (χ4n) is 3.22. The van der Waals surface area contributed by atoms with Gasteiger partial charge < -0.3 is 14.9 Å². The SMILES string of the molecule is COC1=CC(=O)C=C[C@@]12CCCc1cc(O)c(O)cc12. The topological polar surface area (TPSA) is 66.8 Å². The van der Waals surface area contributed by atoms with Gasteiger partial charge in [0, 0.05) is 6.08 Å². The number of rotatable bonds is 1. The number of fused-ring (bicyclic) bond motifs is 2. The van der Waals surface area contributed by atoms with Gasteiger partial charge in [0.05, 0.1) is 12.5 Å². The quantitative estimate of drug-likeness (QED) is 0.770. The van der Waals surface area contributed by atoms with Crippen LogP contribution in [0.25, 0.3) is 0 Å². The third-order valence-corrected chi connectivity index (χ3v) is 4.16. The van der Waals surface area contributed by atoms with Gasteiger partial charge in [-0.25, -0.2) is 0 Å². The average molecular weight is 272 g/mol. The zero-order chi connectivity index (χ0) is 14.3. The van der Waals surface area contributed by atoms with Crippen molar-refractivity contribution in [2.45, 2.75) is 24.7 Å². The molecule has 0 unspecified atom stereocenters. The number of ketones is 1. The Morgan fingerprint density at radius 3 is 2.75 bits per heavy atom. The van der Waals surface area contributed by atoms with Crippen molar-refractivity contribution in [1.82, 2.24) is 0 Å². The third kappa shape index (κ3) is 1.72. The normalized spacial score (nSPS) is 24.4. The molecule has 0 aromatic heterocycles. The summed E-state index contributed by atoms with van der Waals surface area (Å²) in [5.74, 6) is 0.240. The second kappa shape index (κ2) is 4.40. The summed E-state index contributed by atoms with van der Waals surface area (Å²) in [4.78, 5) is 11.6. The van der Waals surface area contributed by atoms with Gasteiger partial charge in [0.25, 0.3) is 0 Å². The summed E-state index contributed by atoms with van der Waals surface area (Å²) in [5, 5.41) is 19.5. The first kappa shape index (κ1) is 12.8. The molecular formula is C16H16O4. The van der Waals surface area contributed by atoms with Crippen LogP contribution >= 0.6 is 0 Å². The number of aromatic hydroxyl groups is 2. The number of phenolic OH excluding ortho intramolecular Hbond substituents is 2. The van der Waals surface area contributed by atoms with Crippen LogP contribution in [0.2, 0.25) is 0 Å². The van der Waals surface area contributed by atoms with E-state index in [0.717, 1.165) is 30.4 Å². The standard InChI is InChI=1S/C16H16O4/c1-20-15-8-11(17)4-6-16(15)5-2-3-10-7-13(18)14(19)9-12(10)16/h4,6-9,18-19H,2-3,5H2,1H3/t16-/m1/s1. The van der Waals surface area contributed by atoms with E-state index < -0.39 is 5.41 Å². The van der Waals surface area contributed by atoms with Crippen LogP contribution in [-0.2, 0) is 21.4 Å². The van der Waals surface area contributed by atoms with E-state index in [1.165, 1.54) is 6.08 Å². The smallest absolute Gasteiger partial charge is 0.181 e. The second-order valence-corrected chi connectivity index (χ2v) is 5.27. The number of hydrogen-bond acceptors (Lipinski definition) is 4. The monoisotopic (exact) mass is 272 g/mol. The number of allylic oxidation sites excluding steroid dienone is 3. The van der Waals surface area contributed by atoms with Gasteiger partial charge in [0.15, 0.2) is 17.3 Å². The Labute approximate surface area is 117 Å². The summed E-state index contributed by atoms with van der Waals surface area (Å²) in [6.45, 7) is 0. The minimum atomic E-state index is -0.512. The van der Waals surface area contributed by atoms with Crippen LogP contribution in [0.4, 0.5) is 0 Å². The predicted octanol–water partition coefficient (Wildman–Crippen LogP) is 2.34. The van der Waals surface area contributed by atoms with Gasteiger partial charge in [-0.15, -0.1) is 0 Å². The summed E-state index contributed by atoms with van der Waals surface area (Å²) >= 11 is 0. The Morgan fingerprint density at radius 2 is 2.00 bits per heavy atom. The highest BCUT2D eigenvalue weighted by Crippen LogP contribution is 2.48. The van der Waals surface area contributed by atoms with Crippen LogP contribution in [0.15, 0.2) is 36.1 Å². The minimum absolute atomic E-state index is 0.0948. The molecule has 1 aromatic carbocycles. The minimum Gasteiger partial charge on any atom is -0.504 e. The lowest BCUT2D eigenvalue weighted by molar-refractivity contribution is -0.110. The van der Waals surface area contributed by atoms with E-state index in [1.807, 2.05) is 6.08 Å². The molecule has 0 aliphatic heterocycles. The third-order valence-electron chi connectivity index (χ3n) is 4.16. The maximum absolute atomic E-state index is 11.6. The van der Waals surface area contributed by atoms with E-state index in [1.54, 1.807) is 25.3 Å². The number of methoxy groups -OCH3 is 1. The van der Waals surface area contributed by atoms with Gasteiger partial charge in [0.1, 0.15) is 5.76 Å². The molecule has 1 aromatic rings. The van der Waals surface area contributed by atoms with E-state index in [4.69, 9.17) is 4.74 Å². The van der Waals surface area contributed by atoms with Gasteiger partial charge in [-0.3, -0.25) is 4.79 Å². The second-order valence-electron chi connectivity index (χ2n) is 5.27. The molecule has 20 heavy (non-hydrogen) atoms. The van der Waals surface area contributed by atoms with Crippen molar-refractivity contribution < 1.29 is 19.7 Å². The molecule has 0 heterocycles. The van der Waals surface area contributed by atoms with Crippen molar-refractivity contribution in [2.75, 3.05) is 7.11 Å². The largest absolute Gasteiger partial charge is 0.504 e. The first-order valence-electron chi connectivity index (χ1n) is 6.61. The Balaban J connectivity index is 2.23. The first-order valence-corrected chi connectivity index (χ1v) is 6.61. The zero-order valence-electron chi connectivity index (χ0n) is 11.2. The van der Waals surface area contributed by atoms with Crippen LogP contribution in [0.5, 0.6) is 11.5 Å². The summed E-state index contributed by atoms with van der Waals surface area (Å²) in [7, 11) is 1.55. The number of carbonyl (C=O) groups excluding carboxylic acids is 1. The number of phenols is 2. The number of ether oxygens (including phenoxy) is 1. The zero-order valence-corrected chi connectivity index (χ0v) is 11.2. The van der Waals surface area contributed by atoms with Gasteiger partial charge in [-0.05, 0) is 48.6 Å². The lowest BCUT2D eigenvalue weighted by atomic mass is 9.67. The molecule has 2 aliphatic carbocycles. The summed E-state index contributed by atoms with van der Waals surface area (Å²) < 4.78 is 5.43. The Kier molecular flexibility index (Phi) is 2.82. The lowest BCUT2D eigenvalue weighted by Crippen LogP contribution is -2.34. The van der Waals surface area contributed by atoms with Crippen molar-refractivity contribution >= 4 is 5.78 Å². The molecule has 0 saturated carbocycles.